The van der Waals surface area contributed by atoms with Gasteiger partial charge in [0.1, 0.15) is 24.9 Å². The number of amides is 2. The van der Waals surface area contributed by atoms with Gasteiger partial charge in [0, 0.05) is 13.6 Å². The highest BCUT2D eigenvalue weighted by molar-refractivity contribution is 7.92. The summed E-state index contributed by atoms with van der Waals surface area (Å²) in [5, 5.41) is 3.18. The number of carbonyl (C=O) groups excluding carboxylic acids is 2. The average molecular weight is 579 g/mol. The number of anilines is 1. The van der Waals surface area contributed by atoms with Gasteiger partial charge in [-0.15, -0.1) is 0 Å². The van der Waals surface area contributed by atoms with Crippen LogP contribution in [-0.4, -0.2) is 51.0 Å². The summed E-state index contributed by atoms with van der Waals surface area (Å²) in [6, 6.07) is 20.1. The number of nitrogens with zero attached hydrogens (tertiary/aromatic N) is 2. The molecule has 0 aliphatic carbocycles. The lowest BCUT2D eigenvalue weighted by molar-refractivity contribution is -0.139. The lowest BCUT2D eigenvalue weighted by atomic mass is 10.1. The zero-order valence-electron chi connectivity index (χ0n) is 21.2. The van der Waals surface area contributed by atoms with Gasteiger partial charge in [-0.3, -0.25) is 13.9 Å². The van der Waals surface area contributed by atoms with E-state index >= 15 is 0 Å². The maximum absolute atomic E-state index is 13.5. The number of benzene rings is 3. The smallest absolute Gasteiger partial charge is 0.244 e. The van der Waals surface area contributed by atoms with E-state index in [1.54, 1.807) is 49.4 Å². The molecule has 3 aromatic rings. The van der Waals surface area contributed by atoms with Gasteiger partial charge in [-0.05, 0) is 54.4 Å². The van der Waals surface area contributed by atoms with Crippen molar-refractivity contribution in [3.8, 4) is 5.75 Å². The monoisotopic (exact) mass is 577 g/mol. The molecule has 11 heteroatoms. The molecule has 1 N–H and O–H groups in total. The molecular weight excluding hydrogens is 549 g/mol. The predicted octanol–water partition coefficient (Wildman–Crippen LogP) is 4.50. The van der Waals surface area contributed by atoms with Crippen LogP contribution in [0.4, 0.5) is 5.69 Å². The molecule has 0 spiro atoms. The molecule has 8 nitrogen and oxygen atoms in total. The van der Waals surface area contributed by atoms with Crippen molar-refractivity contribution < 1.29 is 22.7 Å². The summed E-state index contributed by atoms with van der Waals surface area (Å²) in [4.78, 5) is 27.2. The average Bonchev–Trinajstić information content (AvgIpc) is 2.90. The van der Waals surface area contributed by atoms with Crippen LogP contribution < -0.4 is 14.4 Å². The first kappa shape index (κ1) is 29.3. The van der Waals surface area contributed by atoms with E-state index in [0.29, 0.717) is 28.0 Å². The minimum absolute atomic E-state index is 0.0220. The Labute approximate surface area is 233 Å². The summed E-state index contributed by atoms with van der Waals surface area (Å²) in [5.41, 5.74) is 1.91. The van der Waals surface area contributed by atoms with E-state index in [-0.39, 0.29) is 12.2 Å². The van der Waals surface area contributed by atoms with Crippen molar-refractivity contribution in [3.05, 3.63) is 94.0 Å². The van der Waals surface area contributed by atoms with E-state index in [0.717, 1.165) is 16.1 Å². The number of halogens is 2. The largest absolute Gasteiger partial charge is 0.489 e. The number of rotatable bonds is 11. The summed E-state index contributed by atoms with van der Waals surface area (Å²) in [5.74, 6) is -0.418. The molecule has 0 heterocycles. The first-order valence-electron chi connectivity index (χ1n) is 11.7. The number of sulfonamides is 1. The van der Waals surface area contributed by atoms with Crippen LogP contribution in [0, 0.1) is 0 Å². The number of hydrogen-bond donors (Lipinski definition) is 1. The number of hydrogen-bond acceptors (Lipinski definition) is 5. The van der Waals surface area contributed by atoms with E-state index in [4.69, 9.17) is 27.9 Å². The van der Waals surface area contributed by atoms with E-state index in [1.807, 2.05) is 30.3 Å². The Kier molecular flexibility index (Phi) is 10.0. The third-order valence-electron chi connectivity index (χ3n) is 5.80. The fourth-order valence-corrected chi connectivity index (χ4v) is 4.86. The molecule has 38 heavy (non-hydrogen) atoms. The fourth-order valence-electron chi connectivity index (χ4n) is 3.69. The minimum atomic E-state index is -3.85. The van der Waals surface area contributed by atoms with Gasteiger partial charge in [0.25, 0.3) is 0 Å². The van der Waals surface area contributed by atoms with Crippen molar-refractivity contribution >= 4 is 50.7 Å². The van der Waals surface area contributed by atoms with Crippen LogP contribution >= 0.6 is 23.2 Å². The molecule has 1 atom stereocenters. The number of likely N-dealkylation sites (N-methyl/N-ethyl adjacent to an activating group) is 1. The van der Waals surface area contributed by atoms with Gasteiger partial charge in [0.15, 0.2) is 0 Å². The summed E-state index contributed by atoms with van der Waals surface area (Å²) >= 11 is 12.1. The standard InChI is InChI=1S/C27H29Cl2N3O5S/c1-19(27(34)30-2)31(16-21-9-14-24(28)25(29)15-21)26(33)17-32(38(3,35)36)22-10-12-23(13-11-22)37-18-20-7-5-4-6-8-20/h4-15,19H,16-18H2,1-3H3,(H,30,34)/t19-/m1/s1. The molecule has 0 fully saturated rings. The van der Waals surface area contributed by atoms with Gasteiger partial charge >= 0.3 is 0 Å². The van der Waals surface area contributed by atoms with Crippen molar-refractivity contribution in [1.82, 2.24) is 10.2 Å². The zero-order valence-corrected chi connectivity index (χ0v) is 23.6. The highest BCUT2D eigenvalue weighted by Crippen LogP contribution is 2.25. The van der Waals surface area contributed by atoms with E-state index < -0.39 is 34.4 Å². The molecule has 0 saturated heterocycles. The quantitative estimate of drug-likeness (QED) is 0.362. The Morgan fingerprint density at radius 2 is 1.61 bits per heavy atom. The van der Waals surface area contributed by atoms with Crippen LogP contribution in [0.15, 0.2) is 72.8 Å². The lowest BCUT2D eigenvalue weighted by Gasteiger charge is -2.31. The molecule has 0 saturated carbocycles. The van der Waals surface area contributed by atoms with E-state index in [1.165, 1.54) is 11.9 Å². The zero-order chi connectivity index (χ0) is 27.9. The van der Waals surface area contributed by atoms with Gasteiger partial charge in [-0.1, -0.05) is 59.6 Å². The SMILES string of the molecule is CNC(=O)[C@@H](C)N(Cc1ccc(Cl)c(Cl)c1)C(=O)CN(c1ccc(OCc2ccccc2)cc1)S(C)(=O)=O. The Morgan fingerprint density at radius 1 is 0.947 bits per heavy atom. The van der Waals surface area contributed by atoms with Crippen molar-refractivity contribution in [1.29, 1.82) is 0 Å². The second-order valence-electron chi connectivity index (χ2n) is 8.60. The molecule has 202 valence electrons. The second kappa shape index (κ2) is 13.0. The molecule has 3 aromatic carbocycles. The number of nitrogens with one attached hydrogen (secondary N) is 1. The molecule has 0 bridgehead atoms. The van der Waals surface area contributed by atoms with Crippen LogP contribution in [-0.2, 0) is 32.8 Å². The van der Waals surface area contributed by atoms with Crippen LogP contribution in [0.3, 0.4) is 0 Å². The van der Waals surface area contributed by atoms with E-state index in [2.05, 4.69) is 5.32 Å². The van der Waals surface area contributed by atoms with Gasteiger partial charge in [0.2, 0.25) is 21.8 Å². The van der Waals surface area contributed by atoms with Crippen molar-refractivity contribution in [3.63, 3.8) is 0 Å². The number of carbonyl (C=O) groups is 2. The molecule has 0 aliphatic heterocycles. The van der Waals surface area contributed by atoms with Crippen LogP contribution in [0.25, 0.3) is 0 Å². The minimum Gasteiger partial charge on any atom is -0.489 e. The van der Waals surface area contributed by atoms with Crippen molar-refractivity contribution in [2.24, 2.45) is 0 Å². The molecule has 0 unspecified atom stereocenters. The number of ether oxygens (including phenoxy) is 1. The van der Waals surface area contributed by atoms with Crippen LogP contribution in [0.5, 0.6) is 5.75 Å². The Hall–Kier alpha value is -3.27. The maximum atomic E-state index is 13.5. The third kappa shape index (κ3) is 7.86. The summed E-state index contributed by atoms with van der Waals surface area (Å²) < 4.78 is 32.2. The first-order valence-corrected chi connectivity index (χ1v) is 14.3. The lowest BCUT2D eigenvalue weighted by Crippen LogP contribution is -2.50. The predicted molar refractivity (Wildman–Crippen MR) is 150 cm³/mol. The maximum Gasteiger partial charge on any atom is 0.244 e. The van der Waals surface area contributed by atoms with Gasteiger partial charge in [-0.2, -0.15) is 0 Å². The normalized spacial score (nSPS) is 11.9. The molecule has 3 rings (SSSR count). The molecule has 2 amide bonds. The molecule has 0 radical (unpaired) electrons. The van der Waals surface area contributed by atoms with Gasteiger partial charge in [0.05, 0.1) is 22.0 Å². The van der Waals surface area contributed by atoms with Crippen LogP contribution in [0.1, 0.15) is 18.1 Å². The second-order valence-corrected chi connectivity index (χ2v) is 11.3. The Balaban J connectivity index is 1.82. The van der Waals surface area contributed by atoms with E-state index in [9.17, 15) is 18.0 Å². The highest BCUT2D eigenvalue weighted by atomic mass is 35.5. The Bertz CT molecular complexity index is 1370. The third-order valence-corrected chi connectivity index (χ3v) is 7.68. The summed E-state index contributed by atoms with van der Waals surface area (Å²) in [6.45, 7) is 1.44. The van der Waals surface area contributed by atoms with Crippen LogP contribution in [0.2, 0.25) is 10.0 Å². The fraction of sp³-hybridized carbons (Fsp3) is 0.259. The topological polar surface area (TPSA) is 96.0 Å². The Morgan fingerprint density at radius 3 is 2.18 bits per heavy atom. The van der Waals surface area contributed by atoms with Gasteiger partial charge in [-0.25, -0.2) is 8.42 Å². The summed E-state index contributed by atoms with van der Waals surface area (Å²) in [7, 11) is -2.38. The van der Waals surface area contributed by atoms with Crippen molar-refractivity contribution in [2.75, 3.05) is 24.2 Å². The first-order chi connectivity index (χ1) is 18.0. The molecule has 0 aliphatic rings. The highest BCUT2D eigenvalue weighted by Gasteiger charge is 2.29. The molecule has 0 aromatic heterocycles. The van der Waals surface area contributed by atoms with Gasteiger partial charge < -0.3 is 15.0 Å². The molecular formula is C27H29Cl2N3O5S. The summed E-state index contributed by atoms with van der Waals surface area (Å²) in [6.07, 6.45) is 1.02. The van der Waals surface area contributed by atoms with Crippen molar-refractivity contribution in [2.45, 2.75) is 26.1 Å².